The molecule has 2 aromatic carbocycles. The lowest BCUT2D eigenvalue weighted by atomic mass is 10.0. The van der Waals surface area contributed by atoms with E-state index in [0.29, 0.717) is 28.3 Å². The monoisotopic (exact) mass is 385 g/mol. The van der Waals surface area contributed by atoms with E-state index in [9.17, 15) is 4.79 Å². The highest BCUT2D eigenvalue weighted by molar-refractivity contribution is 6.16. The maximum Gasteiger partial charge on any atom is 0.341 e. The molecule has 0 fully saturated rings. The minimum absolute atomic E-state index is 0.170. The summed E-state index contributed by atoms with van der Waals surface area (Å²) in [5.74, 6) is 0.504. The lowest BCUT2D eigenvalue weighted by molar-refractivity contribution is -0.133. The first-order valence-corrected chi connectivity index (χ1v) is 8.45. The van der Waals surface area contributed by atoms with Gasteiger partial charge in [0.25, 0.3) is 0 Å². The third kappa shape index (κ3) is 4.82. The van der Waals surface area contributed by atoms with Gasteiger partial charge in [-0.15, -0.1) is 0 Å². The second kappa shape index (κ2) is 10.0. The molecular weight excluding hydrogens is 362 g/mol. The summed E-state index contributed by atoms with van der Waals surface area (Å²) in [6.45, 7) is 1.85. The Labute approximate surface area is 163 Å². The van der Waals surface area contributed by atoms with E-state index in [1.165, 1.54) is 20.5 Å². The molecule has 7 heteroatoms. The van der Waals surface area contributed by atoms with Crippen LogP contribution in [0.2, 0.25) is 0 Å². The minimum atomic E-state index is -0.510. The van der Waals surface area contributed by atoms with Crippen LogP contribution in [-0.2, 0) is 20.9 Å². The Morgan fingerprint density at radius 1 is 1.11 bits per heavy atom. The summed E-state index contributed by atoms with van der Waals surface area (Å²) in [5.41, 5.74) is 2.83. The molecule has 0 radical (unpaired) electrons. The molecule has 0 aliphatic heterocycles. The van der Waals surface area contributed by atoms with Crippen molar-refractivity contribution in [3.8, 4) is 11.5 Å². The number of methoxy groups -OCH3 is 3. The Morgan fingerprint density at radius 3 is 2.50 bits per heavy atom. The van der Waals surface area contributed by atoms with Crippen molar-refractivity contribution in [2.45, 2.75) is 13.5 Å². The van der Waals surface area contributed by atoms with Crippen LogP contribution in [-0.4, -0.2) is 38.2 Å². The van der Waals surface area contributed by atoms with E-state index < -0.39 is 5.97 Å². The average Bonchev–Trinajstić information content (AvgIpc) is 2.75. The fourth-order valence-corrected chi connectivity index (χ4v) is 2.59. The number of oxime groups is 1. The Hall–Kier alpha value is -3.48. The first-order chi connectivity index (χ1) is 13.5. The SMILES string of the molecule is COC=C(C(=O)OC)c1ccccc1COc1cc(C(C)=NO)ccc1OC. The van der Waals surface area contributed by atoms with E-state index in [0.717, 1.165) is 5.56 Å². The van der Waals surface area contributed by atoms with Crippen LogP contribution >= 0.6 is 0 Å². The molecule has 0 aliphatic rings. The Bertz CT molecular complexity index is 888. The van der Waals surface area contributed by atoms with Gasteiger partial charge in [0, 0.05) is 5.56 Å². The number of carbonyl (C=O) groups is 1. The maximum atomic E-state index is 12.1. The summed E-state index contributed by atoms with van der Waals surface area (Å²) in [6.07, 6.45) is 1.34. The molecule has 2 aromatic rings. The molecule has 0 amide bonds. The van der Waals surface area contributed by atoms with Gasteiger partial charge in [-0.3, -0.25) is 0 Å². The predicted octanol–water partition coefficient (Wildman–Crippen LogP) is 3.63. The molecule has 0 saturated heterocycles. The average molecular weight is 385 g/mol. The van der Waals surface area contributed by atoms with Crippen molar-refractivity contribution in [2.75, 3.05) is 21.3 Å². The number of nitrogens with zero attached hydrogens (tertiary/aromatic N) is 1. The number of benzene rings is 2. The lowest BCUT2D eigenvalue weighted by Gasteiger charge is -2.15. The number of ether oxygens (including phenoxy) is 4. The summed E-state index contributed by atoms with van der Waals surface area (Å²) < 4.78 is 21.2. The number of esters is 1. The molecule has 0 bridgehead atoms. The normalized spacial score (nSPS) is 11.7. The molecule has 0 aromatic heterocycles. The first kappa shape index (κ1) is 20.8. The van der Waals surface area contributed by atoms with Gasteiger partial charge < -0.3 is 24.2 Å². The van der Waals surface area contributed by atoms with Gasteiger partial charge in [0.05, 0.1) is 33.3 Å². The van der Waals surface area contributed by atoms with E-state index in [4.69, 9.17) is 24.2 Å². The lowest BCUT2D eigenvalue weighted by Crippen LogP contribution is -2.08. The third-order valence-electron chi connectivity index (χ3n) is 4.06. The summed E-state index contributed by atoms with van der Waals surface area (Å²) in [4.78, 5) is 12.1. The summed E-state index contributed by atoms with van der Waals surface area (Å²) >= 11 is 0. The molecule has 2 rings (SSSR count). The smallest absolute Gasteiger partial charge is 0.341 e. The Kier molecular flexibility index (Phi) is 7.45. The van der Waals surface area contributed by atoms with Crippen LogP contribution in [0.3, 0.4) is 0 Å². The van der Waals surface area contributed by atoms with Crippen molar-refractivity contribution in [1.29, 1.82) is 0 Å². The van der Waals surface area contributed by atoms with Gasteiger partial charge >= 0.3 is 5.97 Å². The molecule has 148 valence electrons. The van der Waals surface area contributed by atoms with Gasteiger partial charge in [-0.05, 0) is 36.2 Å². The molecule has 0 unspecified atom stereocenters. The highest BCUT2D eigenvalue weighted by Crippen LogP contribution is 2.30. The summed E-state index contributed by atoms with van der Waals surface area (Å²) in [7, 11) is 4.31. The van der Waals surface area contributed by atoms with Gasteiger partial charge in [-0.2, -0.15) is 0 Å². The van der Waals surface area contributed by atoms with Crippen molar-refractivity contribution in [3.63, 3.8) is 0 Å². The van der Waals surface area contributed by atoms with E-state index in [1.807, 2.05) is 18.2 Å². The fourth-order valence-electron chi connectivity index (χ4n) is 2.59. The molecule has 0 spiro atoms. The van der Waals surface area contributed by atoms with Crippen molar-refractivity contribution in [1.82, 2.24) is 0 Å². The Balaban J connectivity index is 2.36. The highest BCUT2D eigenvalue weighted by Gasteiger charge is 2.17. The molecule has 0 heterocycles. The van der Waals surface area contributed by atoms with E-state index in [-0.39, 0.29) is 12.2 Å². The van der Waals surface area contributed by atoms with Crippen molar-refractivity contribution in [2.24, 2.45) is 5.16 Å². The summed E-state index contributed by atoms with van der Waals surface area (Å²) in [6, 6.07) is 12.5. The van der Waals surface area contributed by atoms with E-state index in [1.54, 1.807) is 38.3 Å². The molecular formula is C21H23NO6. The molecule has 0 saturated carbocycles. The minimum Gasteiger partial charge on any atom is -0.503 e. The van der Waals surface area contributed by atoms with Crippen molar-refractivity contribution >= 4 is 17.3 Å². The molecule has 28 heavy (non-hydrogen) atoms. The van der Waals surface area contributed by atoms with Gasteiger partial charge in [0.1, 0.15) is 12.2 Å². The number of rotatable bonds is 8. The molecule has 7 nitrogen and oxygen atoms in total. The van der Waals surface area contributed by atoms with Crippen molar-refractivity contribution < 1.29 is 28.9 Å². The van der Waals surface area contributed by atoms with Gasteiger partial charge in [-0.25, -0.2) is 4.79 Å². The van der Waals surface area contributed by atoms with Crippen LogP contribution < -0.4 is 9.47 Å². The predicted molar refractivity (Wildman–Crippen MR) is 105 cm³/mol. The fraction of sp³-hybridized carbons (Fsp3) is 0.238. The number of hydrogen-bond acceptors (Lipinski definition) is 7. The van der Waals surface area contributed by atoms with Crippen LogP contribution in [0.1, 0.15) is 23.6 Å². The molecule has 1 N–H and O–H groups in total. The zero-order valence-corrected chi connectivity index (χ0v) is 16.3. The van der Waals surface area contributed by atoms with Crippen LogP contribution in [0.25, 0.3) is 5.57 Å². The second-order valence-corrected chi connectivity index (χ2v) is 5.76. The summed E-state index contributed by atoms with van der Waals surface area (Å²) in [5, 5.41) is 12.2. The van der Waals surface area contributed by atoms with Crippen molar-refractivity contribution in [3.05, 3.63) is 65.4 Å². The quantitative estimate of drug-likeness (QED) is 0.186. The van der Waals surface area contributed by atoms with Gasteiger partial charge in [0.2, 0.25) is 0 Å². The van der Waals surface area contributed by atoms with Crippen LogP contribution in [0.5, 0.6) is 11.5 Å². The number of hydrogen-bond donors (Lipinski definition) is 1. The zero-order chi connectivity index (χ0) is 20.5. The van der Waals surface area contributed by atoms with Crippen LogP contribution in [0.15, 0.2) is 53.9 Å². The van der Waals surface area contributed by atoms with E-state index in [2.05, 4.69) is 5.16 Å². The van der Waals surface area contributed by atoms with E-state index >= 15 is 0 Å². The standard InChI is InChI=1S/C21H23NO6/c1-14(22-24)15-9-10-19(26-3)20(11-15)28-12-16-7-5-6-8-17(16)18(13-25-2)21(23)27-4/h5-11,13,24H,12H2,1-4H3. The maximum absolute atomic E-state index is 12.1. The first-order valence-electron chi connectivity index (χ1n) is 8.45. The van der Waals surface area contributed by atoms with Crippen LogP contribution in [0.4, 0.5) is 0 Å². The second-order valence-electron chi connectivity index (χ2n) is 5.76. The van der Waals surface area contributed by atoms with Gasteiger partial charge in [0.15, 0.2) is 11.5 Å². The third-order valence-corrected chi connectivity index (χ3v) is 4.06. The zero-order valence-electron chi connectivity index (χ0n) is 16.3. The molecule has 0 aliphatic carbocycles. The van der Waals surface area contributed by atoms with Gasteiger partial charge in [-0.1, -0.05) is 29.4 Å². The van der Waals surface area contributed by atoms with Crippen LogP contribution in [0, 0.1) is 0 Å². The largest absolute Gasteiger partial charge is 0.503 e. The number of carbonyl (C=O) groups excluding carboxylic acids is 1. The Morgan fingerprint density at radius 2 is 1.86 bits per heavy atom. The highest BCUT2D eigenvalue weighted by atomic mass is 16.5. The topological polar surface area (TPSA) is 86.6 Å². The molecule has 0 atom stereocenters.